The number of imidazole rings is 1. The summed E-state index contributed by atoms with van der Waals surface area (Å²) in [5, 5.41) is 0. The highest BCUT2D eigenvalue weighted by atomic mass is 16.5. The van der Waals surface area contributed by atoms with Crippen LogP contribution in [0.2, 0.25) is 0 Å². The molecule has 29 heavy (non-hydrogen) atoms. The van der Waals surface area contributed by atoms with Crippen LogP contribution in [0.1, 0.15) is 0 Å². The molecule has 0 amide bonds. The van der Waals surface area contributed by atoms with Gasteiger partial charge in [-0.05, 0) is 24.3 Å². The molecule has 0 radical (unpaired) electrons. The Kier molecular flexibility index (Phi) is 5.01. The van der Waals surface area contributed by atoms with Crippen molar-refractivity contribution in [1.29, 1.82) is 0 Å². The number of carbonyl (C=O) groups excluding carboxylic acids is 2. The molecule has 148 valence electrons. The predicted molar refractivity (Wildman–Crippen MR) is 106 cm³/mol. The second-order valence-electron chi connectivity index (χ2n) is 6.37. The normalized spacial score (nSPS) is 14.2. The number of para-hydroxylation sites is 2. The second-order valence-corrected chi connectivity index (χ2v) is 6.37. The minimum absolute atomic E-state index is 0.0309. The van der Waals surface area contributed by atoms with Gasteiger partial charge in [-0.3, -0.25) is 0 Å². The number of anilines is 1. The van der Waals surface area contributed by atoms with Crippen molar-refractivity contribution in [3.05, 3.63) is 59.8 Å². The SMILES string of the molecule is COC(=O)C1=C(C(=O)OC)N(c2cccc(-c3nc4ccccc4[nH]3)c2)COC1. The van der Waals surface area contributed by atoms with Gasteiger partial charge in [-0.2, -0.15) is 0 Å². The Balaban J connectivity index is 1.78. The number of nitrogens with one attached hydrogen (secondary N) is 1. The third kappa shape index (κ3) is 3.45. The van der Waals surface area contributed by atoms with E-state index in [-0.39, 0.29) is 24.6 Å². The summed E-state index contributed by atoms with van der Waals surface area (Å²) in [5.74, 6) is -0.575. The van der Waals surface area contributed by atoms with Gasteiger partial charge < -0.3 is 24.1 Å². The molecule has 0 saturated carbocycles. The molecule has 4 rings (SSSR count). The topological polar surface area (TPSA) is 93.8 Å². The number of fused-ring (bicyclic) bond motifs is 1. The molecular formula is C21H19N3O5. The van der Waals surface area contributed by atoms with E-state index in [2.05, 4.69) is 9.97 Å². The van der Waals surface area contributed by atoms with Crippen LogP contribution < -0.4 is 4.90 Å². The summed E-state index contributed by atoms with van der Waals surface area (Å²) >= 11 is 0. The summed E-state index contributed by atoms with van der Waals surface area (Å²) in [7, 11) is 2.52. The maximum Gasteiger partial charge on any atom is 0.355 e. The van der Waals surface area contributed by atoms with Gasteiger partial charge in [-0.15, -0.1) is 0 Å². The first-order valence-corrected chi connectivity index (χ1v) is 8.92. The quantitative estimate of drug-likeness (QED) is 0.681. The lowest BCUT2D eigenvalue weighted by atomic mass is 10.1. The van der Waals surface area contributed by atoms with Crippen molar-refractivity contribution in [2.24, 2.45) is 0 Å². The van der Waals surface area contributed by atoms with Crippen LogP contribution >= 0.6 is 0 Å². The van der Waals surface area contributed by atoms with Crippen molar-refractivity contribution in [3.63, 3.8) is 0 Å². The molecular weight excluding hydrogens is 374 g/mol. The lowest BCUT2D eigenvalue weighted by Crippen LogP contribution is -2.38. The number of nitrogens with zero attached hydrogens (tertiary/aromatic N) is 2. The molecule has 1 aliphatic heterocycles. The minimum atomic E-state index is -0.636. The molecule has 1 aromatic heterocycles. The lowest BCUT2D eigenvalue weighted by molar-refractivity contribution is -0.140. The average molecular weight is 393 g/mol. The zero-order chi connectivity index (χ0) is 20.4. The number of esters is 2. The Morgan fingerprint density at radius 1 is 1.07 bits per heavy atom. The number of aromatic nitrogens is 2. The first-order chi connectivity index (χ1) is 14.1. The van der Waals surface area contributed by atoms with E-state index in [1.807, 2.05) is 48.5 Å². The molecule has 1 aliphatic rings. The van der Waals surface area contributed by atoms with Crippen molar-refractivity contribution in [1.82, 2.24) is 9.97 Å². The summed E-state index contributed by atoms with van der Waals surface area (Å²) in [6.45, 7) is 0.0609. The molecule has 0 unspecified atom stereocenters. The van der Waals surface area contributed by atoms with E-state index < -0.39 is 11.9 Å². The van der Waals surface area contributed by atoms with E-state index in [1.54, 1.807) is 4.90 Å². The van der Waals surface area contributed by atoms with Gasteiger partial charge in [0.2, 0.25) is 0 Å². The Hall–Kier alpha value is -3.65. The van der Waals surface area contributed by atoms with Crippen molar-refractivity contribution in [2.75, 3.05) is 32.5 Å². The summed E-state index contributed by atoms with van der Waals surface area (Å²) in [4.78, 5) is 34.1. The minimum Gasteiger partial charge on any atom is -0.466 e. The van der Waals surface area contributed by atoms with Gasteiger partial charge >= 0.3 is 11.9 Å². The summed E-state index contributed by atoms with van der Waals surface area (Å²) < 4.78 is 15.2. The maximum atomic E-state index is 12.5. The Bertz CT molecular complexity index is 1090. The van der Waals surface area contributed by atoms with Gasteiger partial charge in [-0.1, -0.05) is 24.3 Å². The first kappa shape index (κ1) is 18.7. The number of H-pyrrole nitrogens is 1. The van der Waals surface area contributed by atoms with Crippen molar-refractivity contribution < 1.29 is 23.8 Å². The van der Waals surface area contributed by atoms with Crippen molar-refractivity contribution in [2.45, 2.75) is 0 Å². The third-order valence-electron chi connectivity index (χ3n) is 4.65. The Labute approximate surface area is 166 Å². The molecule has 2 aromatic carbocycles. The van der Waals surface area contributed by atoms with Crippen LogP contribution in [-0.4, -0.2) is 49.5 Å². The van der Waals surface area contributed by atoms with Crippen LogP contribution in [0.15, 0.2) is 59.8 Å². The van der Waals surface area contributed by atoms with Gasteiger partial charge in [0.05, 0.1) is 37.4 Å². The zero-order valence-electron chi connectivity index (χ0n) is 16.0. The lowest BCUT2D eigenvalue weighted by Gasteiger charge is -2.31. The number of ether oxygens (including phenoxy) is 3. The zero-order valence-corrected chi connectivity index (χ0v) is 16.0. The maximum absolute atomic E-state index is 12.5. The largest absolute Gasteiger partial charge is 0.466 e. The molecule has 0 atom stereocenters. The molecule has 0 bridgehead atoms. The number of hydrogen-bond donors (Lipinski definition) is 1. The summed E-state index contributed by atoms with van der Waals surface area (Å²) in [5.41, 5.74) is 3.49. The fourth-order valence-electron chi connectivity index (χ4n) is 3.26. The fourth-order valence-corrected chi connectivity index (χ4v) is 3.26. The van der Waals surface area contributed by atoms with E-state index in [4.69, 9.17) is 14.2 Å². The highest BCUT2D eigenvalue weighted by Crippen LogP contribution is 2.30. The van der Waals surface area contributed by atoms with Crippen LogP contribution in [-0.2, 0) is 23.8 Å². The van der Waals surface area contributed by atoms with Gasteiger partial charge in [0, 0.05) is 11.3 Å². The van der Waals surface area contributed by atoms with Crippen molar-refractivity contribution >= 4 is 28.7 Å². The Morgan fingerprint density at radius 2 is 1.86 bits per heavy atom. The average Bonchev–Trinajstić information content (AvgIpc) is 3.22. The van der Waals surface area contributed by atoms with Crippen molar-refractivity contribution in [3.8, 4) is 11.4 Å². The van der Waals surface area contributed by atoms with Crippen LogP contribution in [0.4, 0.5) is 5.69 Å². The molecule has 0 saturated heterocycles. The number of methoxy groups -OCH3 is 2. The standard InChI is InChI=1S/C21H19N3O5/c1-27-20(25)15-11-29-12-24(18(15)21(26)28-2)14-7-5-6-13(10-14)19-22-16-8-3-4-9-17(16)23-19/h3-10H,11-12H2,1-2H3,(H,22,23). The van der Waals surface area contributed by atoms with E-state index in [9.17, 15) is 9.59 Å². The molecule has 0 fully saturated rings. The fraction of sp³-hybridized carbons (Fsp3) is 0.190. The van der Waals surface area contributed by atoms with E-state index >= 15 is 0 Å². The Morgan fingerprint density at radius 3 is 2.62 bits per heavy atom. The van der Waals surface area contributed by atoms with Gasteiger partial charge in [0.25, 0.3) is 0 Å². The van der Waals surface area contributed by atoms with Gasteiger partial charge in [-0.25, -0.2) is 14.6 Å². The summed E-state index contributed by atoms with van der Waals surface area (Å²) in [6, 6.07) is 15.2. The van der Waals surface area contributed by atoms with E-state index in [1.165, 1.54) is 14.2 Å². The van der Waals surface area contributed by atoms with Crippen LogP contribution in [0.5, 0.6) is 0 Å². The molecule has 0 aliphatic carbocycles. The number of rotatable bonds is 4. The van der Waals surface area contributed by atoms with Crippen LogP contribution in [0, 0.1) is 0 Å². The van der Waals surface area contributed by atoms with Crippen LogP contribution in [0.25, 0.3) is 22.4 Å². The monoisotopic (exact) mass is 393 g/mol. The van der Waals surface area contributed by atoms with Gasteiger partial charge in [0.1, 0.15) is 18.3 Å². The number of benzene rings is 2. The highest BCUT2D eigenvalue weighted by molar-refractivity contribution is 6.03. The number of aromatic amines is 1. The van der Waals surface area contributed by atoms with E-state index in [0.717, 1.165) is 16.6 Å². The molecule has 8 nitrogen and oxygen atoms in total. The number of carbonyl (C=O) groups is 2. The molecule has 1 N–H and O–H groups in total. The predicted octanol–water partition coefficient (Wildman–Crippen LogP) is 2.62. The molecule has 0 spiro atoms. The molecule has 8 heteroatoms. The smallest absolute Gasteiger partial charge is 0.355 e. The second kappa shape index (κ2) is 7.76. The van der Waals surface area contributed by atoms with Gasteiger partial charge in [0.15, 0.2) is 0 Å². The summed E-state index contributed by atoms with van der Waals surface area (Å²) in [6.07, 6.45) is 0. The first-order valence-electron chi connectivity index (χ1n) is 8.92. The molecule has 3 aromatic rings. The number of hydrogen-bond acceptors (Lipinski definition) is 7. The highest BCUT2D eigenvalue weighted by Gasteiger charge is 2.32. The van der Waals surface area contributed by atoms with E-state index in [0.29, 0.717) is 11.5 Å². The van der Waals surface area contributed by atoms with Crippen LogP contribution in [0.3, 0.4) is 0 Å². The third-order valence-corrected chi connectivity index (χ3v) is 4.65. The molecule has 2 heterocycles.